The van der Waals surface area contributed by atoms with E-state index in [0.717, 1.165) is 16.1 Å². The molecule has 2 aromatic carbocycles. The van der Waals surface area contributed by atoms with Crippen LogP contribution in [0, 0.1) is 11.6 Å². The van der Waals surface area contributed by atoms with Crippen LogP contribution in [0.4, 0.5) is 8.78 Å². The maximum absolute atomic E-state index is 13.7. The van der Waals surface area contributed by atoms with Gasteiger partial charge in [0.1, 0.15) is 17.5 Å². The number of benzene rings is 2. The highest BCUT2D eigenvalue weighted by Gasteiger charge is 2.08. The topological polar surface area (TPSA) is 28.7 Å². The van der Waals surface area contributed by atoms with Crippen molar-refractivity contribution in [3.05, 3.63) is 76.2 Å². The lowest BCUT2D eigenvalue weighted by atomic mass is 10.1. The molecule has 0 aliphatic rings. The molecule has 0 bridgehead atoms. The standard InChI is InChI=1S/C17H11BrF2N2/c18-12-4-1-11(2-5-12)3-8-17-21-10-16(22-17)14-7-6-13(19)9-15(14)20/h1-10H,(H,21,22)/b8-3+. The van der Waals surface area contributed by atoms with E-state index in [4.69, 9.17) is 0 Å². The molecule has 110 valence electrons. The molecule has 3 rings (SSSR count). The molecule has 0 amide bonds. The lowest BCUT2D eigenvalue weighted by Crippen LogP contribution is -1.86. The Kier molecular flexibility index (Phi) is 4.15. The zero-order valence-electron chi connectivity index (χ0n) is 11.4. The summed E-state index contributed by atoms with van der Waals surface area (Å²) < 4.78 is 27.7. The van der Waals surface area contributed by atoms with Crippen LogP contribution in [-0.2, 0) is 0 Å². The van der Waals surface area contributed by atoms with Crippen LogP contribution in [0.15, 0.2) is 53.1 Å². The molecule has 0 atom stereocenters. The molecule has 0 unspecified atom stereocenters. The Labute approximate surface area is 134 Å². The van der Waals surface area contributed by atoms with Gasteiger partial charge in [0, 0.05) is 16.1 Å². The van der Waals surface area contributed by atoms with Crippen LogP contribution in [-0.4, -0.2) is 9.97 Å². The number of H-pyrrole nitrogens is 1. The Morgan fingerprint density at radius 2 is 1.77 bits per heavy atom. The smallest absolute Gasteiger partial charge is 0.135 e. The van der Waals surface area contributed by atoms with Crippen LogP contribution in [0.3, 0.4) is 0 Å². The second-order valence-electron chi connectivity index (χ2n) is 4.69. The maximum Gasteiger partial charge on any atom is 0.135 e. The number of imidazole rings is 1. The van der Waals surface area contributed by atoms with Gasteiger partial charge in [-0.15, -0.1) is 0 Å². The molecule has 0 saturated carbocycles. The third-order valence-electron chi connectivity index (χ3n) is 3.12. The van der Waals surface area contributed by atoms with Gasteiger partial charge in [-0.05, 0) is 35.9 Å². The van der Waals surface area contributed by atoms with Gasteiger partial charge in [-0.2, -0.15) is 0 Å². The van der Waals surface area contributed by atoms with E-state index in [9.17, 15) is 8.78 Å². The van der Waals surface area contributed by atoms with E-state index in [1.54, 1.807) is 6.08 Å². The molecule has 1 N–H and O–H groups in total. The van der Waals surface area contributed by atoms with Gasteiger partial charge in [0.05, 0.1) is 11.9 Å². The highest BCUT2D eigenvalue weighted by molar-refractivity contribution is 9.10. The van der Waals surface area contributed by atoms with Crippen molar-refractivity contribution in [1.29, 1.82) is 0 Å². The van der Waals surface area contributed by atoms with Crippen LogP contribution in [0.2, 0.25) is 0 Å². The fraction of sp³-hybridized carbons (Fsp3) is 0. The van der Waals surface area contributed by atoms with Crippen molar-refractivity contribution in [1.82, 2.24) is 9.97 Å². The fourth-order valence-corrected chi connectivity index (χ4v) is 2.28. The number of aromatic amines is 1. The number of rotatable bonds is 3. The minimum atomic E-state index is -0.618. The van der Waals surface area contributed by atoms with Crippen LogP contribution in [0.25, 0.3) is 23.4 Å². The Balaban J connectivity index is 1.83. The van der Waals surface area contributed by atoms with E-state index in [1.165, 1.54) is 18.3 Å². The highest BCUT2D eigenvalue weighted by Crippen LogP contribution is 2.22. The number of aromatic nitrogens is 2. The summed E-state index contributed by atoms with van der Waals surface area (Å²) in [6, 6.07) is 11.3. The molecule has 5 heteroatoms. The van der Waals surface area contributed by atoms with E-state index in [1.807, 2.05) is 30.3 Å². The van der Waals surface area contributed by atoms with E-state index < -0.39 is 11.6 Å². The number of hydrogen-bond donors (Lipinski definition) is 1. The third-order valence-corrected chi connectivity index (χ3v) is 3.65. The molecular weight excluding hydrogens is 350 g/mol. The summed E-state index contributed by atoms with van der Waals surface area (Å²) in [5.74, 6) is -0.621. The SMILES string of the molecule is Fc1ccc(-c2cnc(/C=C/c3ccc(Br)cc3)[nH]2)c(F)c1. The van der Waals surface area contributed by atoms with Crippen LogP contribution in [0.1, 0.15) is 11.4 Å². The number of hydrogen-bond acceptors (Lipinski definition) is 1. The zero-order valence-corrected chi connectivity index (χ0v) is 12.9. The first-order valence-corrected chi connectivity index (χ1v) is 7.35. The van der Waals surface area contributed by atoms with Gasteiger partial charge in [0.2, 0.25) is 0 Å². The van der Waals surface area contributed by atoms with Gasteiger partial charge in [0.15, 0.2) is 0 Å². The van der Waals surface area contributed by atoms with E-state index in [2.05, 4.69) is 25.9 Å². The second-order valence-corrected chi connectivity index (χ2v) is 5.61. The van der Waals surface area contributed by atoms with E-state index in [-0.39, 0.29) is 5.56 Å². The van der Waals surface area contributed by atoms with Gasteiger partial charge < -0.3 is 4.98 Å². The van der Waals surface area contributed by atoms with Crippen molar-refractivity contribution >= 4 is 28.1 Å². The number of nitrogens with one attached hydrogen (secondary N) is 1. The zero-order chi connectivity index (χ0) is 15.5. The summed E-state index contributed by atoms with van der Waals surface area (Å²) in [6.45, 7) is 0. The number of nitrogens with zero attached hydrogens (tertiary/aromatic N) is 1. The Morgan fingerprint density at radius 3 is 2.50 bits per heavy atom. The van der Waals surface area contributed by atoms with Crippen molar-refractivity contribution < 1.29 is 8.78 Å². The first-order chi connectivity index (χ1) is 10.6. The molecule has 0 fully saturated rings. The molecule has 1 aromatic heterocycles. The second kappa shape index (κ2) is 6.23. The summed E-state index contributed by atoms with van der Waals surface area (Å²) in [5, 5.41) is 0. The Hall–Kier alpha value is -2.27. The molecule has 0 aliphatic heterocycles. The molecule has 22 heavy (non-hydrogen) atoms. The summed E-state index contributed by atoms with van der Waals surface area (Å²) in [7, 11) is 0. The van der Waals surface area contributed by atoms with Gasteiger partial charge in [-0.3, -0.25) is 0 Å². The first kappa shape index (κ1) is 14.7. The normalized spacial score (nSPS) is 11.2. The predicted molar refractivity (Wildman–Crippen MR) is 87.0 cm³/mol. The third kappa shape index (κ3) is 3.31. The molecular formula is C17H11BrF2N2. The quantitative estimate of drug-likeness (QED) is 0.675. The fourth-order valence-electron chi connectivity index (χ4n) is 2.02. The lowest BCUT2D eigenvalue weighted by Gasteiger charge is -1.99. The molecule has 0 aliphatic carbocycles. The van der Waals surface area contributed by atoms with Crippen molar-refractivity contribution in [2.75, 3.05) is 0 Å². The molecule has 0 radical (unpaired) electrons. The van der Waals surface area contributed by atoms with Crippen LogP contribution in [0.5, 0.6) is 0 Å². The molecule has 2 nitrogen and oxygen atoms in total. The van der Waals surface area contributed by atoms with Gasteiger partial charge in [0.25, 0.3) is 0 Å². The molecule has 3 aromatic rings. The van der Waals surface area contributed by atoms with Crippen LogP contribution < -0.4 is 0 Å². The predicted octanol–water partition coefficient (Wildman–Crippen LogP) is 5.29. The van der Waals surface area contributed by atoms with Gasteiger partial charge >= 0.3 is 0 Å². The van der Waals surface area contributed by atoms with Crippen LogP contribution >= 0.6 is 15.9 Å². The average molecular weight is 361 g/mol. The monoisotopic (exact) mass is 360 g/mol. The van der Waals surface area contributed by atoms with Crippen molar-refractivity contribution in [2.24, 2.45) is 0 Å². The summed E-state index contributed by atoms with van der Waals surface area (Å²) in [6.07, 6.45) is 5.22. The average Bonchev–Trinajstić information content (AvgIpc) is 2.95. The Morgan fingerprint density at radius 1 is 1.00 bits per heavy atom. The lowest BCUT2D eigenvalue weighted by molar-refractivity contribution is 0.585. The summed E-state index contributed by atoms with van der Waals surface area (Å²) in [4.78, 5) is 7.18. The molecule has 0 saturated heterocycles. The van der Waals surface area contributed by atoms with Gasteiger partial charge in [-0.1, -0.05) is 34.1 Å². The minimum Gasteiger partial charge on any atom is -0.338 e. The first-order valence-electron chi connectivity index (χ1n) is 6.56. The van der Waals surface area contributed by atoms with E-state index >= 15 is 0 Å². The molecule has 0 spiro atoms. The molecule has 1 heterocycles. The largest absolute Gasteiger partial charge is 0.338 e. The maximum atomic E-state index is 13.7. The minimum absolute atomic E-state index is 0.289. The van der Waals surface area contributed by atoms with E-state index in [0.29, 0.717) is 11.5 Å². The van der Waals surface area contributed by atoms with Gasteiger partial charge in [-0.25, -0.2) is 13.8 Å². The summed E-state index contributed by atoms with van der Waals surface area (Å²) >= 11 is 3.38. The number of halogens is 3. The summed E-state index contributed by atoms with van der Waals surface area (Å²) in [5.41, 5.74) is 1.82. The Bertz CT molecular complexity index is 823. The van der Waals surface area contributed by atoms with Crippen molar-refractivity contribution in [3.63, 3.8) is 0 Å². The van der Waals surface area contributed by atoms with Crippen molar-refractivity contribution in [2.45, 2.75) is 0 Å². The highest BCUT2D eigenvalue weighted by atomic mass is 79.9. The van der Waals surface area contributed by atoms with Crippen molar-refractivity contribution in [3.8, 4) is 11.3 Å².